The van der Waals surface area contributed by atoms with E-state index >= 15 is 0 Å². The molecule has 0 aromatic heterocycles. The van der Waals surface area contributed by atoms with Crippen molar-refractivity contribution < 1.29 is 9.53 Å². The van der Waals surface area contributed by atoms with E-state index in [0.29, 0.717) is 5.69 Å². The standard InChI is InChI=1S/C14H18N2O2/c1-14(2,3)18-13(17)16-12-7-5-4-6-11(12)15-10-8-9-10/h4-7H,8-9H2,1-3H3,(H,16,17). The van der Waals surface area contributed by atoms with Crippen molar-refractivity contribution in [3.63, 3.8) is 0 Å². The maximum atomic E-state index is 11.7. The number of carbonyl (C=O) groups is 1. The van der Waals surface area contributed by atoms with Gasteiger partial charge >= 0.3 is 6.09 Å². The van der Waals surface area contributed by atoms with Gasteiger partial charge in [-0.05, 0) is 45.7 Å². The highest BCUT2D eigenvalue weighted by molar-refractivity contribution is 6.01. The zero-order valence-electron chi connectivity index (χ0n) is 11.0. The number of carbonyl (C=O) groups excluding carboxylic acids is 1. The summed E-state index contributed by atoms with van der Waals surface area (Å²) in [6.45, 7) is 5.51. The minimum Gasteiger partial charge on any atom is -0.444 e. The molecule has 1 amide bonds. The van der Waals surface area contributed by atoms with Gasteiger partial charge in [-0.3, -0.25) is 10.3 Å². The third-order valence-electron chi connectivity index (χ3n) is 2.29. The van der Waals surface area contributed by atoms with Crippen LogP contribution in [0.2, 0.25) is 0 Å². The van der Waals surface area contributed by atoms with Crippen LogP contribution in [0.3, 0.4) is 0 Å². The van der Waals surface area contributed by atoms with Crippen LogP contribution in [-0.2, 0) is 4.74 Å². The quantitative estimate of drug-likeness (QED) is 0.860. The number of hydrogen-bond donors (Lipinski definition) is 1. The van der Waals surface area contributed by atoms with E-state index < -0.39 is 11.7 Å². The fourth-order valence-corrected chi connectivity index (χ4v) is 1.43. The first-order valence-electron chi connectivity index (χ1n) is 6.09. The van der Waals surface area contributed by atoms with E-state index in [1.54, 1.807) is 0 Å². The van der Waals surface area contributed by atoms with Gasteiger partial charge in [-0.25, -0.2) is 4.79 Å². The molecule has 18 heavy (non-hydrogen) atoms. The van der Waals surface area contributed by atoms with Crippen molar-refractivity contribution in [3.05, 3.63) is 24.3 Å². The normalized spacial score (nSPS) is 14.1. The maximum Gasteiger partial charge on any atom is 0.412 e. The Kier molecular flexibility index (Phi) is 3.36. The van der Waals surface area contributed by atoms with E-state index in [1.165, 1.54) is 5.71 Å². The molecule has 4 nitrogen and oxygen atoms in total. The van der Waals surface area contributed by atoms with Gasteiger partial charge in [0.25, 0.3) is 0 Å². The molecule has 1 aliphatic carbocycles. The monoisotopic (exact) mass is 246 g/mol. The molecular weight excluding hydrogens is 228 g/mol. The summed E-state index contributed by atoms with van der Waals surface area (Å²) in [4.78, 5) is 16.2. The molecule has 96 valence electrons. The van der Waals surface area contributed by atoms with Crippen LogP contribution in [0, 0.1) is 0 Å². The molecular formula is C14H18N2O2. The average Bonchev–Trinajstić information content (AvgIpc) is 3.02. The fraction of sp³-hybridized carbons (Fsp3) is 0.429. The Morgan fingerprint density at radius 1 is 1.28 bits per heavy atom. The summed E-state index contributed by atoms with van der Waals surface area (Å²) in [6, 6.07) is 7.48. The SMILES string of the molecule is CC(C)(C)OC(=O)Nc1ccccc1N=C1CC1. The third-order valence-corrected chi connectivity index (χ3v) is 2.29. The predicted molar refractivity (Wildman–Crippen MR) is 72.6 cm³/mol. The summed E-state index contributed by atoms with van der Waals surface area (Å²) in [5.41, 5.74) is 2.15. The topological polar surface area (TPSA) is 50.7 Å². The molecule has 0 bridgehead atoms. The number of rotatable bonds is 2. The van der Waals surface area contributed by atoms with Crippen molar-refractivity contribution in [2.45, 2.75) is 39.2 Å². The van der Waals surface area contributed by atoms with Crippen molar-refractivity contribution in [3.8, 4) is 0 Å². The zero-order chi connectivity index (χ0) is 13.2. The molecule has 1 N–H and O–H groups in total. The number of nitrogens with one attached hydrogen (secondary N) is 1. The van der Waals surface area contributed by atoms with Gasteiger partial charge in [-0.1, -0.05) is 12.1 Å². The Labute approximate surface area is 107 Å². The van der Waals surface area contributed by atoms with Crippen LogP contribution < -0.4 is 5.32 Å². The number of nitrogens with zero attached hydrogens (tertiary/aromatic N) is 1. The molecule has 1 aromatic rings. The number of para-hydroxylation sites is 2. The van der Waals surface area contributed by atoms with Crippen molar-refractivity contribution in [2.24, 2.45) is 4.99 Å². The Morgan fingerprint density at radius 2 is 1.94 bits per heavy atom. The molecule has 0 unspecified atom stereocenters. The largest absolute Gasteiger partial charge is 0.444 e. The molecule has 1 aromatic carbocycles. The van der Waals surface area contributed by atoms with Gasteiger partial charge in [0.05, 0.1) is 11.4 Å². The predicted octanol–water partition coefficient (Wildman–Crippen LogP) is 3.90. The van der Waals surface area contributed by atoms with Gasteiger partial charge in [0.1, 0.15) is 5.60 Å². The van der Waals surface area contributed by atoms with E-state index in [0.717, 1.165) is 18.5 Å². The summed E-state index contributed by atoms with van der Waals surface area (Å²) in [7, 11) is 0. The van der Waals surface area contributed by atoms with Gasteiger partial charge in [-0.2, -0.15) is 0 Å². The number of amides is 1. The highest BCUT2D eigenvalue weighted by Crippen LogP contribution is 2.29. The fourth-order valence-electron chi connectivity index (χ4n) is 1.43. The van der Waals surface area contributed by atoms with Crippen LogP contribution in [0.25, 0.3) is 0 Å². The molecule has 1 fully saturated rings. The molecule has 0 atom stereocenters. The summed E-state index contributed by atoms with van der Waals surface area (Å²) in [6.07, 6.45) is 1.66. The lowest BCUT2D eigenvalue weighted by molar-refractivity contribution is 0.0636. The van der Waals surface area contributed by atoms with E-state index in [2.05, 4.69) is 10.3 Å². The third kappa shape index (κ3) is 3.87. The first kappa shape index (κ1) is 12.6. The van der Waals surface area contributed by atoms with Crippen LogP contribution in [0.15, 0.2) is 29.3 Å². The molecule has 2 rings (SSSR count). The van der Waals surface area contributed by atoms with Crippen molar-refractivity contribution in [2.75, 3.05) is 5.32 Å². The van der Waals surface area contributed by atoms with Crippen LogP contribution in [0.4, 0.5) is 16.2 Å². The summed E-state index contributed by atoms with van der Waals surface area (Å²) >= 11 is 0. The first-order chi connectivity index (χ1) is 8.44. The molecule has 0 spiro atoms. The minimum atomic E-state index is -0.499. The van der Waals surface area contributed by atoms with Crippen LogP contribution in [0.1, 0.15) is 33.6 Å². The highest BCUT2D eigenvalue weighted by Gasteiger charge is 2.18. The highest BCUT2D eigenvalue weighted by atomic mass is 16.6. The Balaban J connectivity index is 2.09. The van der Waals surface area contributed by atoms with Crippen LogP contribution in [0.5, 0.6) is 0 Å². The molecule has 1 saturated carbocycles. The minimum absolute atomic E-state index is 0.453. The molecule has 0 radical (unpaired) electrons. The Morgan fingerprint density at radius 3 is 2.56 bits per heavy atom. The lowest BCUT2D eigenvalue weighted by Crippen LogP contribution is -2.27. The first-order valence-corrected chi connectivity index (χ1v) is 6.09. The van der Waals surface area contributed by atoms with Gasteiger partial charge in [0.15, 0.2) is 0 Å². The van der Waals surface area contributed by atoms with E-state index in [-0.39, 0.29) is 0 Å². The second kappa shape index (κ2) is 4.80. The molecule has 1 aliphatic rings. The van der Waals surface area contributed by atoms with Gasteiger partial charge in [0.2, 0.25) is 0 Å². The average molecular weight is 246 g/mol. The number of anilines is 1. The molecule has 0 saturated heterocycles. The van der Waals surface area contributed by atoms with E-state index in [1.807, 2.05) is 45.0 Å². The lowest BCUT2D eigenvalue weighted by Gasteiger charge is -2.20. The zero-order valence-corrected chi connectivity index (χ0v) is 11.0. The second-order valence-electron chi connectivity index (χ2n) is 5.32. The smallest absolute Gasteiger partial charge is 0.412 e. The van der Waals surface area contributed by atoms with Crippen molar-refractivity contribution in [1.29, 1.82) is 0 Å². The number of ether oxygens (including phenoxy) is 1. The summed E-state index contributed by atoms with van der Waals surface area (Å²) in [5.74, 6) is 0. The number of aliphatic imine (C=N–C) groups is 1. The summed E-state index contributed by atoms with van der Waals surface area (Å²) in [5, 5.41) is 2.73. The van der Waals surface area contributed by atoms with E-state index in [4.69, 9.17) is 4.74 Å². The van der Waals surface area contributed by atoms with E-state index in [9.17, 15) is 4.79 Å². The van der Waals surface area contributed by atoms with Crippen molar-refractivity contribution >= 4 is 23.2 Å². The Bertz CT molecular complexity index is 481. The summed E-state index contributed by atoms with van der Waals surface area (Å²) < 4.78 is 5.22. The van der Waals surface area contributed by atoms with Crippen LogP contribution >= 0.6 is 0 Å². The van der Waals surface area contributed by atoms with Gasteiger partial charge in [0, 0.05) is 5.71 Å². The van der Waals surface area contributed by atoms with Crippen molar-refractivity contribution in [1.82, 2.24) is 0 Å². The maximum absolute atomic E-state index is 11.7. The molecule has 4 heteroatoms. The Hall–Kier alpha value is -1.84. The van der Waals surface area contributed by atoms with Gasteiger partial charge < -0.3 is 4.74 Å². The number of benzene rings is 1. The molecule has 0 aliphatic heterocycles. The number of hydrogen-bond acceptors (Lipinski definition) is 3. The van der Waals surface area contributed by atoms with Crippen LogP contribution in [-0.4, -0.2) is 17.4 Å². The second-order valence-corrected chi connectivity index (χ2v) is 5.32. The lowest BCUT2D eigenvalue weighted by atomic mass is 10.2. The molecule has 0 heterocycles. The van der Waals surface area contributed by atoms with Gasteiger partial charge in [-0.15, -0.1) is 0 Å².